The molecule has 0 amide bonds. The molecule has 0 bridgehead atoms. The van der Waals surface area contributed by atoms with Crippen LogP contribution in [-0.2, 0) is 141 Å². The quantitative estimate of drug-likeness (QED) is 0.0218. The van der Waals surface area contributed by atoms with Crippen LogP contribution >= 0.6 is 24.0 Å². The molecule has 0 aliphatic rings. The monoisotopic (exact) mass is 1310 g/mol. The summed E-state index contributed by atoms with van der Waals surface area (Å²) >= 11 is 0. The minimum atomic E-state index is 0. The van der Waals surface area contributed by atoms with Crippen molar-refractivity contribution in [3.05, 3.63) is 46.9 Å². The van der Waals surface area contributed by atoms with Gasteiger partial charge in [0, 0.05) is 185 Å². The Morgan fingerprint density at radius 2 is 0.710 bits per heavy atom. The number of nitrogens with zero attached hydrogens (tertiary/aromatic N) is 6. The van der Waals surface area contributed by atoms with Crippen LogP contribution in [-0.4, -0.2) is 65.1 Å². The second-order valence-electron chi connectivity index (χ2n) is 17.2. The van der Waals surface area contributed by atoms with Gasteiger partial charge >= 0.3 is 0 Å². The fourth-order valence-corrected chi connectivity index (χ4v) is 6.55. The summed E-state index contributed by atoms with van der Waals surface area (Å²) in [6.45, 7) is 32.8. The first-order valence-corrected chi connectivity index (χ1v) is 22.3. The fourth-order valence-electron chi connectivity index (χ4n) is 6.55. The van der Waals surface area contributed by atoms with Crippen molar-refractivity contribution in [3.8, 4) is 0 Å². The molecule has 0 unspecified atom stereocenters. The Balaban J connectivity index is -0.0000000661. The molecule has 0 aromatic heterocycles. The first kappa shape index (κ1) is 94.3. The molecule has 19 heteroatoms. The number of ketones is 9. The van der Waals surface area contributed by atoms with E-state index in [9.17, 15) is 43.2 Å². The molecule has 5 atom stereocenters. The Bertz CT molecular complexity index is 1420. The van der Waals surface area contributed by atoms with Crippen LogP contribution in [0.5, 0.6) is 0 Å². The molecule has 0 fully saturated rings. The Morgan fingerprint density at radius 3 is 0.971 bits per heavy atom. The number of carbonyl (C=O) groups excluding carboxylic acids is 9. The van der Waals surface area contributed by atoms with Crippen molar-refractivity contribution >= 4 is 76.0 Å². The van der Waals surface area contributed by atoms with Gasteiger partial charge in [0.15, 0.2) is 0 Å². The van der Waals surface area contributed by atoms with E-state index in [-0.39, 0.29) is 218 Å². The van der Waals surface area contributed by atoms with Gasteiger partial charge in [0.1, 0.15) is 52.0 Å². The summed E-state index contributed by atoms with van der Waals surface area (Å²) in [6, 6.07) is 0. The second-order valence-corrected chi connectivity index (χ2v) is 17.2. The zero-order valence-electron chi connectivity index (χ0n) is 44.2. The maximum atomic E-state index is 11.2. The summed E-state index contributed by atoms with van der Waals surface area (Å²) in [6.07, 6.45) is 11.6. The molecule has 393 valence electrons. The minimum absolute atomic E-state index is 0. The first-order valence-electron chi connectivity index (χ1n) is 22.3. The maximum Gasteiger partial charge on any atom is 0.133 e. The van der Waals surface area contributed by atoms with Crippen molar-refractivity contribution in [1.82, 2.24) is 0 Å². The summed E-state index contributed by atoms with van der Waals surface area (Å²) in [7, 11) is 0. The zero-order valence-corrected chi connectivity index (χ0v) is 55.1. The molecule has 0 spiro atoms. The van der Waals surface area contributed by atoms with Gasteiger partial charge in [-0.25, -0.2) is 0 Å². The molecule has 0 heterocycles. The number of carbonyl (C=O) groups is 9. The number of rotatable bonds is 30. The van der Waals surface area contributed by atoms with Gasteiger partial charge in [0.05, 0.1) is 0 Å². The van der Waals surface area contributed by atoms with Crippen molar-refractivity contribution in [2.45, 2.75) is 194 Å². The molecule has 0 N–H and O–H groups in total. The van der Waals surface area contributed by atoms with E-state index in [0.717, 1.165) is 12.8 Å². The third kappa shape index (κ3) is 94.0. The molecular formula is C50H90IN6O9Y3-3. The standard InChI is InChI=1S/C10H19N3O.2C10H17O2.C9H15N3O2.C8H14O2.C2H3.CH4.HI.3Y/c1-8(4-5-12-13-11)6-9(2)7-10(3)14;2*1-4-5-10(12)7-8(2)6-9(3)11;1-7(5-8(2)13)6-9(14)3-4-11-12-10;1-6(4-7(2)9)5-8(3)10;1-2;;;;;/h8-9H,4-7H2,1-3H3;2*4,8H,5-7H2,1-3H3;7H,3-6H2,1-2H3;6H,4-5H2,1-3H3;1H,2H2;1H4;1H;;;/q;2*-1;;;-1;;;;;/t8-,9-;2*8-;7-;;;;;;;/m1000......./s1. The largest absolute Gasteiger partial charge is 0.521 e. The molecule has 0 aromatic carbocycles. The summed E-state index contributed by atoms with van der Waals surface area (Å²) in [5.41, 5.74) is 16.1. The van der Waals surface area contributed by atoms with Crippen LogP contribution in [0.3, 0.4) is 0 Å². The molecule has 0 saturated carbocycles. The summed E-state index contributed by atoms with van der Waals surface area (Å²) in [5, 5.41) is 6.77. The number of Topliss-reactive ketones (excluding diaryl/α,β-unsaturated/α-hetero) is 9. The Kier molecular flexibility index (Phi) is 92.2. The van der Waals surface area contributed by atoms with Gasteiger partial charge in [-0.15, -0.1) is 36.8 Å². The molecule has 15 nitrogen and oxygen atoms in total. The smallest absolute Gasteiger partial charge is 0.133 e. The van der Waals surface area contributed by atoms with Gasteiger partial charge in [-0.3, -0.25) is 11.4 Å². The fraction of sp³-hybridized carbons (Fsp3) is 0.740. The van der Waals surface area contributed by atoms with Crippen molar-refractivity contribution in [2.24, 2.45) is 45.7 Å². The summed E-state index contributed by atoms with van der Waals surface area (Å²) < 4.78 is 0. The second kappa shape index (κ2) is 67.4. The van der Waals surface area contributed by atoms with Crippen LogP contribution < -0.4 is 0 Å². The summed E-state index contributed by atoms with van der Waals surface area (Å²) in [4.78, 5) is 103. The third-order valence-electron chi connectivity index (χ3n) is 8.55. The maximum absolute atomic E-state index is 11.2. The van der Waals surface area contributed by atoms with Crippen molar-refractivity contribution in [3.63, 3.8) is 0 Å². The van der Waals surface area contributed by atoms with Crippen molar-refractivity contribution in [1.29, 1.82) is 0 Å². The number of azide groups is 2. The third-order valence-corrected chi connectivity index (χ3v) is 8.55. The van der Waals surface area contributed by atoms with Gasteiger partial charge in [-0.1, -0.05) is 59.2 Å². The van der Waals surface area contributed by atoms with E-state index in [4.69, 9.17) is 11.1 Å². The average Bonchev–Trinajstić information content (AvgIpc) is 3.11. The van der Waals surface area contributed by atoms with Gasteiger partial charge < -0.3 is 57.8 Å². The molecule has 0 saturated heterocycles. The van der Waals surface area contributed by atoms with E-state index in [0.29, 0.717) is 89.0 Å². The van der Waals surface area contributed by atoms with Crippen LogP contribution in [0.2, 0.25) is 0 Å². The number of hydrogen-bond donors (Lipinski definition) is 0. The number of halogens is 1. The molecule has 0 aliphatic heterocycles. The van der Waals surface area contributed by atoms with E-state index in [1.165, 1.54) is 6.92 Å². The van der Waals surface area contributed by atoms with Crippen LogP contribution in [0.4, 0.5) is 0 Å². The van der Waals surface area contributed by atoms with Crippen LogP contribution in [0.15, 0.2) is 16.8 Å². The predicted octanol–water partition coefficient (Wildman–Crippen LogP) is 13.4. The molecule has 69 heavy (non-hydrogen) atoms. The Labute approximate surface area is 511 Å². The van der Waals surface area contributed by atoms with Gasteiger partial charge in [0.2, 0.25) is 0 Å². The zero-order chi connectivity index (χ0) is 51.2. The predicted molar refractivity (Wildman–Crippen MR) is 279 cm³/mol. The summed E-state index contributed by atoms with van der Waals surface area (Å²) in [5.74, 6) is 3.17. The van der Waals surface area contributed by atoms with Crippen LogP contribution in [0, 0.1) is 54.9 Å². The van der Waals surface area contributed by atoms with Gasteiger partial charge in [-0.05, 0) is 101 Å². The topological polar surface area (TPSA) is 251 Å². The Hall–Kier alpha value is -0.568. The average molecular weight is 1310 g/mol. The number of hydrogen-bond acceptors (Lipinski definition) is 11. The molecule has 0 aromatic rings. The van der Waals surface area contributed by atoms with Crippen molar-refractivity contribution < 1.29 is 141 Å². The van der Waals surface area contributed by atoms with Gasteiger partial charge in [-0.2, -0.15) is 13.8 Å². The van der Waals surface area contributed by atoms with E-state index < -0.39 is 0 Å². The normalized spacial score (nSPS) is 11.1. The SMILES string of the molecule is C.CC(=O)CC(C)CC(C)=O.CC(=O)C[C@H](C)CC(=O)CCN=[N+]=[N-].CC(=O)C[C@H](C)C[C@H](C)CCN=[N+]=[N-].C[CH-]CC(=O)C[C@@H](C)CC(C)=O.C[CH-]CC(=O)C[C@@H](C)CC(C)=O.I.[CH-]=C.[Y].[Y].[Y]. The van der Waals surface area contributed by atoms with E-state index in [2.05, 4.69) is 47.1 Å². The molecule has 0 rings (SSSR count). The van der Waals surface area contributed by atoms with E-state index >= 15 is 0 Å². The molecule has 3 radical (unpaired) electrons. The Morgan fingerprint density at radius 1 is 0.464 bits per heavy atom. The van der Waals surface area contributed by atoms with Crippen LogP contribution in [0.25, 0.3) is 20.9 Å². The van der Waals surface area contributed by atoms with Gasteiger partial charge in [0.25, 0.3) is 0 Å². The van der Waals surface area contributed by atoms with Crippen LogP contribution in [0.1, 0.15) is 194 Å². The van der Waals surface area contributed by atoms with Crippen molar-refractivity contribution in [2.75, 3.05) is 13.1 Å². The minimum Gasteiger partial charge on any atom is -0.521 e. The first-order chi connectivity index (χ1) is 29.8. The van der Waals surface area contributed by atoms with E-state index in [1.54, 1.807) is 34.6 Å². The molecule has 0 aliphatic carbocycles. The van der Waals surface area contributed by atoms with E-state index in [1.807, 2.05) is 54.4 Å². The molecular weight excluding hydrogens is 1220 g/mol.